The zero-order chi connectivity index (χ0) is 25.9. The van der Waals surface area contributed by atoms with Crippen molar-refractivity contribution < 1.29 is 31.8 Å². The summed E-state index contributed by atoms with van der Waals surface area (Å²) < 4.78 is 77.5. The van der Waals surface area contributed by atoms with Gasteiger partial charge < -0.3 is 15.2 Å². The molecule has 1 aliphatic heterocycles. The van der Waals surface area contributed by atoms with E-state index in [1.807, 2.05) is 24.3 Å². The van der Waals surface area contributed by atoms with Gasteiger partial charge in [0, 0.05) is 12.6 Å². The molecule has 2 heterocycles. The second-order valence-electron chi connectivity index (χ2n) is 9.26. The molecule has 196 valence electrons. The minimum Gasteiger partial charge on any atom is -0.474 e. The summed E-state index contributed by atoms with van der Waals surface area (Å²) in [5.74, 6) is -5.89. The quantitative estimate of drug-likeness (QED) is 0.345. The fourth-order valence-electron chi connectivity index (χ4n) is 5.08. The highest BCUT2D eigenvalue weighted by Gasteiger charge is 2.45. The third kappa shape index (κ3) is 5.40. The molecular formula is C26H30F5N3O2. The average Bonchev–Trinajstić information content (AvgIpc) is 3.22. The topological polar surface area (TPSA) is 57.6 Å². The van der Waals surface area contributed by atoms with Gasteiger partial charge in [0.25, 0.3) is 11.8 Å². The Bertz CT molecular complexity index is 1110. The summed E-state index contributed by atoms with van der Waals surface area (Å²) >= 11 is 0. The molecule has 0 amide bonds. The van der Waals surface area contributed by atoms with Crippen molar-refractivity contribution in [3.63, 3.8) is 0 Å². The number of nitrogens with zero attached hydrogens (tertiary/aromatic N) is 2. The molecule has 0 saturated carbocycles. The van der Waals surface area contributed by atoms with E-state index in [0.29, 0.717) is 37.9 Å². The number of aromatic nitrogens is 1. The lowest BCUT2D eigenvalue weighted by Gasteiger charge is -2.43. The zero-order valence-corrected chi connectivity index (χ0v) is 20.0. The first-order valence-electron chi connectivity index (χ1n) is 12.1. The van der Waals surface area contributed by atoms with Crippen molar-refractivity contribution in [2.45, 2.75) is 44.2 Å². The molecule has 36 heavy (non-hydrogen) atoms. The zero-order valence-electron chi connectivity index (χ0n) is 20.0. The Balaban J connectivity index is 1.71. The van der Waals surface area contributed by atoms with E-state index in [4.69, 9.17) is 4.74 Å². The molecule has 0 unspecified atom stereocenters. The van der Waals surface area contributed by atoms with Crippen molar-refractivity contribution in [3.8, 4) is 5.88 Å². The summed E-state index contributed by atoms with van der Waals surface area (Å²) in [6, 6.07) is 6.00. The highest BCUT2D eigenvalue weighted by Crippen LogP contribution is 2.50. The number of aliphatic hydroxyl groups is 1. The Kier molecular flexibility index (Phi) is 8.27. The summed E-state index contributed by atoms with van der Waals surface area (Å²) in [5.41, 5.74) is 3.10. The summed E-state index contributed by atoms with van der Waals surface area (Å²) in [6.07, 6.45) is 1.99. The summed E-state index contributed by atoms with van der Waals surface area (Å²) in [5, 5.41) is 12.2. The molecule has 1 aromatic heterocycles. The van der Waals surface area contributed by atoms with Crippen LogP contribution in [0.5, 0.6) is 5.88 Å². The first-order chi connectivity index (χ1) is 17.3. The van der Waals surface area contributed by atoms with Crippen LogP contribution in [0.1, 0.15) is 42.5 Å². The molecule has 1 aromatic carbocycles. The smallest absolute Gasteiger partial charge is 0.283 e. The Labute approximate surface area is 207 Å². The van der Waals surface area contributed by atoms with Crippen molar-refractivity contribution in [1.82, 2.24) is 15.2 Å². The van der Waals surface area contributed by atoms with Crippen LogP contribution in [0.4, 0.5) is 22.0 Å². The number of ether oxygens (including phenoxy) is 1. The predicted molar refractivity (Wildman–Crippen MR) is 126 cm³/mol. The summed E-state index contributed by atoms with van der Waals surface area (Å²) in [6.45, 7) is -0.225. The third-order valence-corrected chi connectivity index (χ3v) is 6.74. The van der Waals surface area contributed by atoms with Gasteiger partial charge in [0.15, 0.2) is 5.82 Å². The Morgan fingerprint density at radius 3 is 2.75 bits per heavy atom. The highest BCUT2D eigenvalue weighted by atomic mass is 19.3. The maximum absolute atomic E-state index is 15.8. The van der Waals surface area contributed by atoms with E-state index in [1.165, 1.54) is 4.90 Å². The molecule has 0 bridgehead atoms. The van der Waals surface area contributed by atoms with Crippen LogP contribution in [-0.4, -0.2) is 66.5 Å². The molecule has 2 atom stereocenters. The Morgan fingerprint density at radius 1 is 1.22 bits per heavy atom. The number of pyridine rings is 1. The van der Waals surface area contributed by atoms with Crippen LogP contribution >= 0.6 is 0 Å². The second-order valence-corrected chi connectivity index (χ2v) is 9.26. The number of benzene rings is 1. The van der Waals surface area contributed by atoms with Crippen LogP contribution in [0, 0.1) is 11.6 Å². The molecule has 0 radical (unpaired) electrons. The lowest BCUT2D eigenvalue weighted by Crippen LogP contribution is -2.48. The number of nitrogens with one attached hydrogen (secondary N) is 1. The molecule has 2 aliphatic rings. The minimum absolute atomic E-state index is 0.00797. The monoisotopic (exact) mass is 511 g/mol. The van der Waals surface area contributed by atoms with Crippen molar-refractivity contribution in [1.29, 1.82) is 0 Å². The van der Waals surface area contributed by atoms with Crippen LogP contribution < -0.4 is 10.1 Å². The van der Waals surface area contributed by atoms with Crippen molar-refractivity contribution in [2.75, 3.05) is 39.5 Å². The minimum atomic E-state index is -3.46. The van der Waals surface area contributed by atoms with Gasteiger partial charge in [-0.2, -0.15) is 0 Å². The molecule has 0 saturated heterocycles. The SMILES string of the molecule is C[C@@H]1CC2=C(Cc3ccccc32)[C@@H](c2c(F)cnc(OCCNCCCF)c2F)N1CC(F)(F)CO. The van der Waals surface area contributed by atoms with Gasteiger partial charge in [-0.25, -0.2) is 22.5 Å². The molecule has 0 spiro atoms. The van der Waals surface area contributed by atoms with Gasteiger partial charge in [0.2, 0.25) is 0 Å². The van der Waals surface area contributed by atoms with E-state index in [0.717, 1.165) is 22.9 Å². The maximum Gasteiger partial charge on any atom is 0.283 e. The van der Waals surface area contributed by atoms with Crippen LogP contribution in [0.15, 0.2) is 36.0 Å². The number of hydrogen-bond acceptors (Lipinski definition) is 5. The normalized spacial score (nSPS) is 20.0. The van der Waals surface area contributed by atoms with E-state index >= 15 is 8.78 Å². The summed E-state index contributed by atoms with van der Waals surface area (Å²) in [7, 11) is 0. The number of rotatable bonds is 11. The van der Waals surface area contributed by atoms with Crippen molar-refractivity contribution in [2.24, 2.45) is 0 Å². The van der Waals surface area contributed by atoms with Crippen molar-refractivity contribution >= 4 is 5.57 Å². The van der Waals surface area contributed by atoms with Gasteiger partial charge in [-0.3, -0.25) is 9.29 Å². The van der Waals surface area contributed by atoms with E-state index in [1.54, 1.807) is 6.92 Å². The van der Waals surface area contributed by atoms with Crippen LogP contribution in [0.25, 0.3) is 5.57 Å². The number of halogens is 5. The first-order valence-corrected chi connectivity index (χ1v) is 12.1. The number of aliphatic hydroxyl groups excluding tert-OH is 1. The largest absolute Gasteiger partial charge is 0.474 e. The molecule has 4 rings (SSSR count). The van der Waals surface area contributed by atoms with E-state index in [2.05, 4.69) is 10.3 Å². The molecular weight excluding hydrogens is 481 g/mol. The first kappa shape index (κ1) is 26.5. The molecule has 2 aromatic rings. The van der Waals surface area contributed by atoms with Crippen LogP contribution in [-0.2, 0) is 6.42 Å². The van der Waals surface area contributed by atoms with E-state index in [-0.39, 0.29) is 6.61 Å². The highest BCUT2D eigenvalue weighted by molar-refractivity contribution is 5.79. The van der Waals surface area contributed by atoms with Gasteiger partial charge >= 0.3 is 0 Å². The van der Waals surface area contributed by atoms with Gasteiger partial charge in [-0.15, -0.1) is 0 Å². The van der Waals surface area contributed by atoms with Gasteiger partial charge in [-0.05, 0) is 55.0 Å². The number of hydrogen-bond donors (Lipinski definition) is 2. The molecule has 10 heteroatoms. The van der Waals surface area contributed by atoms with Crippen LogP contribution in [0.2, 0.25) is 0 Å². The maximum atomic E-state index is 15.8. The molecule has 1 aliphatic carbocycles. The Morgan fingerprint density at radius 2 is 2.00 bits per heavy atom. The standard InChI is InChI=1S/C26H30F5N3O2/c1-16-11-19-18-6-3-2-5-17(18)12-20(19)24(34(16)14-26(30,31)15-35)22-21(28)13-33-25(23(22)29)36-10-9-32-8-4-7-27/h2-3,5-6,13,16,24,32,35H,4,7-12,14-15H2,1H3/t16-,24+/m1/s1. The van der Waals surface area contributed by atoms with Gasteiger partial charge in [0.1, 0.15) is 19.0 Å². The van der Waals surface area contributed by atoms with E-state index in [9.17, 15) is 18.3 Å². The third-order valence-electron chi connectivity index (χ3n) is 6.74. The molecule has 2 N–H and O–H groups in total. The van der Waals surface area contributed by atoms with Crippen LogP contribution in [0.3, 0.4) is 0 Å². The predicted octanol–water partition coefficient (Wildman–Crippen LogP) is 4.46. The van der Waals surface area contributed by atoms with Gasteiger partial charge in [-0.1, -0.05) is 24.3 Å². The Hall–Kier alpha value is -2.56. The molecule has 0 fully saturated rings. The van der Waals surface area contributed by atoms with E-state index < -0.39 is 60.9 Å². The summed E-state index contributed by atoms with van der Waals surface area (Å²) in [4.78, 5) is 5.11. The fourth-order valence-corrected chi connectivity index (χ4v) is 5.08. The number of fused-ring (bicyclic) bond motifs is 2. The second kappa shape index (κ2) is 11.2. The van der Waals surface area contributed by atoms with Crippen molar-refractivity contribution in [3.05, 3.63) is 64.4 Å². The lowest BCUT2D eigenvalue weighted by molar-refractivity contribution is -0.0862. The molecule has 5 nitrogen and oxygen atoms in total. The average molecular weight is 512 g/mol. The van der Waals surface area contributed by atoms with Gasteiger partial charge in [0.05, 0.1) is 31.0 Å². The lowest BCUT2D eigenvalue weighted by atomic mass is 9.84. The number of alkyl halides is 3. The fraction of sp³-hybridized carbons (Fsp3) is 0.500.